The molecule has 2 aliphatic heterocycles. The van der Waals surface area contributed by atoms with E-state index in [2.05, 4.69) is 11.9 Å². The van der Waals surface area contributed by atoms with Gasteiger partial charge in [0.15, 0.2) is 17.6 Å². The summed E-state index contributed by atoms with van der Waals surface area (Å²) in [5, 5.41) is 21.3. The lowest BCUT2D eigenvalue weighted by Crippen LogP contribution is -2.71. The molecule has 4 aliphatic rings. The molecule has 1 saturated carbocycles. The summed E-state index contributed by atoms with van der Waals surface area (Å²) in [6.07, 6.45) is 0.742. The van der Waals surface area contributed by atoms with Gasteiger partial charge in [0.1, 0.15) is 0 Å². The molecule has 136 valence electrons. The molecule has 1 aromatic rings. The summed E-state index contributed by atoms with van der Waals surface area (Å²) in [6.45, 7) is 0.747. The highest BCUT2D eigenvalue weighted by atomic mass is 32.2. The summed E-state index contributed by atoms with van der Waals surface area (Å²) >= 11 is 0. The average Bonchev–Trinajstić information content (AvgIpc) is 2.90. The molecule has 1 unspecified atom stereocenters. The zero-order chi connectivity index (χ0) is 17.8. The van der Waals surface area contributed by atoms with Gasteiger partial charge >= 0.3 is 0 Å². The van der Waals surface area contributed by atoms with Crippen LogP contribution in [0.15, 0.2) is 12.1 Å². The Morgan fingerprint density at radius 2 is 2.08 bits per heavy atom. The van der Waals surface area contributed by atoms with Crippen molar-refractivity contribution in [2.45, 2.75) is 48.2 Å². The highest BCUT2D eigenvalue weighted by Gasteiger charge is 2.72. The third-order valence-electron chi connectivity index (χ3n) is 7.06. The Kier molecular flexibility index (Phi) is 2.85. The SMILES string of the molecule is CN1CC[C@]23c4c5ccc(O)c4O[C@H]2C(O)(S(=O)(=O)O)CC[C@H]3[C@H]1C5. The van der Waals surface area contributed by atoms with E-state index < -0.39 is 26.6 Å². The standard InChI is InChI=1S/C17H21NO6S/c1-18-7-6-16-10-4-5-17(20,25(21,22)23)15(16)24-14-12(19)3-2-9(13(14)16)8-11(10)18/h2-3,10-11,15,19-20H,4-8H2,1H3,(H,21,22,23)/t10-,11+,15+,16-,17?/m0/s1. The van der Waals surface area contributed by atoms with Crippen molar-refractivity contribution < 1.29 is 27.9 Å². The van der Waals surface area contributed by atoms with Gasteiger partial charge in [-0.15, -0.1) is 0 Å². The van der Waals surface area contributed by atoms with E-state index in [-0.39, 0.29) is 29.9 Å². The van der Waals surface area contributed by atoms with E-state index in [1.165, 1.54) is 0 Å². The van der Waals surface area contributed by atoms with E-state index in [1.54, 1.807) is 6.07 Å². The lowest BCUT2D eigenvalue weighted by atomic mass is 9.51. The van der Waals surface area contributed by atoms with Crippen molar-refractivity contribution >= 4 is 10.1 Å². The van der Waals surface area contributed by atoms with Crippen LogP contribution in [0.3, 0.4) is 0 Å². The van der Waals surface area contributed by atoms with Crippen LogP contribution in [-0.4, -0.2) is 58.8 Å². The van der Waals surface area contributed by atoms with E-state index in [0.29, 0.717) is 12.8 Å². The predicted octanol–water partition coefficient (Wildman–Crippen LogP) is 0.638. The maximum absolute atomic E-state index is 12.1. The second-order valence-electron chi connectivity index (χ2n) is 7.95. The third-order valence-corrected chi connectivity index (χ3v) is 8.37. The van der Waals surface area contributed by atoms with Gasteiger partial charge in [-0.25, -0.2) is 0 Å². The summed E-state index contributed by atoms with van der Waals surface area (Å²) in [4.78, 5) is -0.0668. The molecule has 2 heterocycles. The molecule has 8 heteroatoms. The number of likely N-dealkylation sites (tertiary alicyclic amines) is 1. The minimum absolute atomic E-state index is 0.0451. The average molecular weight is 367 g/mol. The molecule has 5 atom stereocenters. The van der Waals surface area contributed by atoms with Gasteiger partial charge in [-0.1, -0.05) is 6.07 Å². The Morgan fingerprint density at radius 3 is 2.80 bits per heavy atom. The van der Waals surface area contributed by atoms with Crippen LogP contribution in [0, 0.1) is 5.92 Å². The summed E-state index contributed by atoms with van der Waals surface area (Å²) in [5.41, 5.74) is 1.18. The maximum Gasteiger partial charge on any atom is 0.298 e. The molecule has 1 saturated heterocycles. The van der Waals surface area contributed by atoms with Crippen LogP contribution in [0.4, 0.5) is 0 Å². The first-order valence-electron chi connectivity index (χ1n) is 8.62. The number of hydrogen-bond acceptors (Lipinski definition) is 6. The van der Waals surface area contributed by atoms with Crippen LogP contribution in [-0.2, 0) is 22.0 Å². The molecule has 1 spiro atoms. The second-order valence-corrected chi connectivity index (χ2v) is 9.61. The molecule has 3 N–H and O–H groups in total. The lowest BCUT2D eigenvalue weighted by Gasteiger charge is -2.59. The maximum atomic E-state index is 12.1. The topological polar surface area (TPSA) is 107 Å². The molecule has 25 heavy (non-hydrogen) atoms. The number of aliphatic hydroxyl groups is 1. The van der Waals surface area contributed by atoms with Crippen LogP contribution < -0.4 is 4.74 Å². The zero-order valence-corrected chi connectivity index (χ0v) is 14.7. The number of likely N-dealkylation sites (N-methyl/N-ethyl adjacent to an activating group) is 1. The van der Waals surface area contributed by atoms with Crippen LogP contribution in [0.5, 0.6) is 11.5 Å². The van der Waals surface area contributed by atoms with Gasteiger partial charge in [0, 0.05) is 17.0 Å². The smallest absolute Gasteiger partial charge is 0.298 e. The quantitative estimate of drug-likeness (QED) is 0.625. The first-order chi connectivity index (χ1) is 11.7. The summed E-state index contributed by atoms with van der Waals surface area (Å²) < 4.78 is 39.9. The Balaban J connectivity index is 1.82. The first-order valence-corrected chi connectivity index (χ1v) is 10.1. The van der Waals surface area contributed by atoms with E-state index in [9.17, 15) is 23.2 Å². The second kappa shape index (κ2) is 4.49. The molecule has 1 aromatic carbocycles. The van der Waals surface area contributed by atoms with Crippen molar-refractivity contribution in [2.24, 2.45) is 5.92 Å². The Bertz CT molecular complexity index is 885. The van der Waals surface area contributed by atoms with Crippen molar-refractivity contribution in [1.82, 2.24) is 4.90 Å². The molecular formula is C17H21NO6S. The lowest BCUT2D eigenvalue weighted by molar-refractivity contribution is -0.121. The van der Waals surface area contributed by atoms with Crippen LogP contribution in [0.25, 0.3) is 0 Å². The summed E-state index contributed by atoms with van der Waals surface area (Å²) in [7, 11) is -2.67. The van der Waals surface area contributed by atoms with E-state index in [4.69, 9.17) is 4.74 Å². The largest absolute Gasteiger partial charge is 0.504 e. The number of phenols is 1. The predicted molar refractivity (Wildman–Crippen MR) is 88.2 cm³/mol. The molecular weight excluding hydrogens is 346 g/mol. The van der Waals surface area contributed by atoms with Crippen molar-refractivity contribution in [2.75, 3.05) is 13.6 Å². The van der Waals surface area contributed by atoms with Gasteiger partial charge in [-0.05, 0) is 56.8 Å². The van der Waals surface area contributed by atoms with Crippen molar-refractivity contribution in [3.63, 3.8) is 0 Å². The van der Waals surface area contributed by atoms with Gasteiger partial charge in [0.25, 0.3) is 10.1 Å². The van der Waals surface area contributed by atoms with Gasteiger partial charge in [0.2, 0.25) is 4.93 Å². The van der Waals surface area contributed by atoms with Gasteiger partial charge < -0.3 is 19.8 Å². The molecule has 5 rings (SSSR count). The molecule has 0 amide bonds. The monoisotopic (exact) mass is 367 g/mol. The number of phenolic OH excluding ortho intramolecular Hbond substituents is 1. The van der Waals surface area contributed by atoms with E-state index >= 15 is 0 Å². The first kappa shape index (κ1) is 15.9. The van der Waals surface area contributed by atoms with Crippen LogP contribution in [0.2, 0.25) is 0 Å². The summed E-state index contributed by atoms with van der Waals surface area (Å²) in [5.74, 6) is 0.352. The van der Waals surface area contributed by atoms with Crippen molar-refractivity contribution in [3.05, 3.63) is 23.3 Å². The molecule has 7 nitrogen and oxygen atoms in total. The van der Waals surface area contributed by atoms with Crippen molar-refractivity contribution in [3.8, 4) is 11.5 Å². The Hall–Kier alpha value is -1.35. The number of piperidine rings is 1. The number of rotatable bonds is 1. The van der Waals surface area contributed by atoms with E-state index in [0.717, 1.165) is 24.1 Å². The van der Waals surface area contributed by atoms with Crippen molar-refractivity contribution in [1.29, 1.82) is 0 Å². The fraction of sp³-hybridized carbons (Fsp3) is 0.647. The molecule has 2 aliphatic carbocycles. The number of nitrogens with zero attached hydrogens (tertiary/aromatic N) is 1. The number of benzene rings is 1. The normalized spacial score (nSPS) is 42.0. The third kappa shape index (κ3) is 1.64. The minimum Gasteiger partial charge on any atom is -0.504 e. The minimum atomic E-state index is -4.74. The zero-order valence-electron chi connectivity index (χ0n) is 13.8. The van der Waals surface area contributed by atoms with Crippen LogP contribution in [0.1, 0.15) is 30.4 Å². The fourth-order valence-electron chi connectivity index (χ4n) is 5.99. The highest BCUT2D eigenvalue weighted by Crippen LogP contribution is 2.65. The molecule has 2 bridgehead atoms. The van der Waals surface area contributed by atoms with Gasteiger partial charge in [0.05, 0.1) is 0 Å². The number of ether oxygens (including phenoxy) is 1. The molecule has 0 radical (unpaired) electrons. The fourth-order valence-corrected chi connectivity index (χ4v) is 6.90. The Morgan fingerprint density at radius 1 is 1.32 bits per heavy atom. The van der Waals surface area contributed by atoms with Gasteiger partial charge in [-0.3, -0.25) is 4.55 Å². The van der Waals surface area contributed by atoms with Crippen LogP contribution >= 0.6 is 0 Å². The summed E-state index contributed by atoms with van der Waals surface area (Å²) in [6, 6.07) is 3.66. The molecule has 2 fully saturated rings. The number of hydrogen-bond donors (Lipinski definition) is 3. The molecule has 0 aromatic heterocycles. The van der Waals surface area contributed by atoms with Gasteiger partial charge in [-0.2, -0.15) is 8.42 Å². The van der Waals surface area contributed by atoms with E-state index in [1.807, 2.05) is 6.07 Å². The number of aromatic hydroxyl groups is 1. The Labute approximate surface area is 146 Å². The highest BCUT2D eigenvalue weighted by molar-refractivity contribution is 7.87.